The van der Waals surface area contributed by atoms with Crippen LogP contribution in [0.2, 0.25) is 0 Å². The highest BCUT2D eigenvalue weighted by Crippen LogP contribution is 2.21. The van der Waals surface area contributed by atoms with Gasteiger partial charge in [-0.1, -0.05) is 6.42 Å². The Morgan fingerprint density at radius 1 is 1.22 bits per heavy atom. The van der Waals surface area contributed by atoms with Crippen molar-refractivity contribution in [3.8, 4) is 0 Å². The maximum absolute atomic E-state index is 12.3. The molecule has 146 valence electrons. The molecule has 0 radical (unpaired) electrons. The normalized spacial score (nSPS) is 21.5. The van der Waals surface area contributed by atoms with Crippen LogP contribution >= 0.6 is 11.3 Å². The molecule has 8 heteroatoms. The first kappa shape index (κ1) is 18.4. The van der Waals surface area contributed by atoms with Crippen molar-refractivity contribution in [2.45, 2.75) is 51.1 Å². The maximum atomic E-state index is 12.3. The van der Waals surface area contributed by atoms with Gasteiger partial charge in [-0.15, -0.1) is 11.3 Å². The van der Waals surface area contributed by atoms with E-state index in [1.807, 2.05) is 16.3 Å². The van der Waals surface area contributed by atoms with Crippen LogP contribution in [0.25, 0.3) is 10.2 Å². The fourth-order valence-electron chi connectivity index (χ4n) is 3.98. The van der Waals surface area contributed by atoms with E-state index in [0.717, 1.165) is 57.3 Å². The van der Waals surface area contributed by atoms with Gasteiger partial charge in [0.1, 0.15) is 17.1 Å². The van der Waals surface area contributed by atoms with Crippen molar-refractivity contribution in [3.63, 3.8) is 0 Å². The average Bonchev–Trinajstić information content (AvgIpc) is 3.17. The van der Waals surface area contributed by atoms with E-state index in [1.165, 1.54) is 17.8 Å². The quantitative estimate of drug-likeness (QED) is 0.868. The molecular weight excluding hydrogens is 364 g/mol. The molecular formula is C19H26N4O3S. The number of piperidine rings is 2. The standard InChI is InChI=1S/C19H26N4O3S/c24-18-17-15(7-11-27-17)20-16(21-18)12-23-10-5-2-6-14(23)13-26-19(25)22-8-3-1-4-9-22/h7,11,14H,1-6,8-10,12-13H2,(H,20,21,24). The first-order chi connectivity index (χ1) is 13.2. The first-order valence-corrected chi connectivity index (χ1v) is 10.7. The molecule has 2 fully saturated rings. The molecule has 2 saturated heterocycles. The minimum atomic E-state index is -0.188. The molecule has 1 N–H and O–H groups in total. The zero-order valence-corrected chi connectivity index (χ0v) is 16.3. The predicted molar refractivity (Wildman–Crippen MR) is 105 cm³/mol. The Morgan fingerprint density at radius 3 is 2.89 bits per heavy atom. The molecule has 0 aromatic carbocycles. The molecule has 0 saturated carbocycles. The van der Waals surface area contributed by atoms with Crippen molar-refractivity contribution >= 4 is 27.6 Å². The van der Waals surface area contributed by atoms with Gasteiger partial charge < -0.3 is 14.6 Å². The average molecular weight is 391 g/mol. The minimum absolute atomic E-state index is 0.0740. The number of nitrogens with zero attached hydrogens (tertiary/aromatic N) is 3. The summed E-state index contributed by atoms with van der Waals surface area (Å²) in [5.41, 5.74) is 0.680. The molecule has 2 aromatic rings. The van der Waals surface area contributed by atoms with Gasteiger partial charge in [-0.25, -0.2) is 9.78 Å². The summed E-state index contributed by atoms with van der Waals surface area (Å²) < 4.78 is 6.30. The van der Waals surface area contributed by atoms with Gasteiger partial charge in [-0.2, -0.15) is 0 Å². The summed E-state index contributed by atoms with van der Waals surface area (Å²) in [6.07, 6.45) is 6.38. The summed E-state index contributed by atoms with van der Waals surface area (Å²) in [5.74, 6) is 0.681. The molecule has 2 aromatic heterocycles. The molecule has 1 amide bonds. The number of thiophene rings is 1. The molecule has 0 bridgehead atoms. The van der Waals surface area contributed by atoms with E-state index < -0.39 is 0 Å². The molecule has 27 heavy (non-hydrogen) atoms. The van der Waals surface area contributed by atoms with Gasteiger partial charge >= 0.3 is 6.09 Å². The molecule has 4 rings (SSSR count). The smallest absolute Gasteiger partial charge is 0.409 e. The van der Waals surface area contributed by atoms with Gasteiger partial charge in [0, 0.05) is 19.1 Å². The number of hydrogen-bond acceptors (Lipinski definition) is 6. The van der Waals surface area contributed by atoms with Gasteiger partial charge in [0.15, 0.2) is 0 Å². The number of amides is 1. The highest BCUT2D eigenvalue weighted by molar-refractivity contribution is 7.17. The van der Waals surface area contributed by atoms with Crippen LogP contribution in [-0.4, -0.2) is 58.1 Å². The number of H-pyrrole nitrogens is 1. The summed E-state index contributed by atoms with van der Waals surface area (Å²) in [4.78, 5) is 36.1. The largest absolute Gasteiger partial charge is 0.448 e. The van der Waals surface area contributed by atoms with Gasteiger partial charge in [-0.3, -0.25) is 9.69 Å². The van der Waals surface area contributed by atoms with Gasteiger partial charge in [0.25, 0.3) is 5.56 Å². The van der Waals surface area contributed by atoms with Crippen LogP contribution in [0, 0.1) is 0 Å². The first-order valence-electron chi connectivity index (χ1n) is 9.83. The van der Waals surface area contributed by atoms with Gasteiger partial charge in [0.05, 0.1) is 12.1 Å². The van der Waals surface area contributed by atoms with Crippen LogP contribution in [0.4, 0.5) is 4.79 Å². The Balaban J connectivity index is 1.39. The number of aromatic amines is 1. The molecule has 0 spiro atoms. The number of carbonyl (C=O) groups excluding carboxylic acids is 1. The zero-order chi connectivity index (χ0) is 18.6. The van der Waals surface area contributed by atoms with E-state index in [4.69, 9.17) is 4.74 Å². The Kier molecular flexibility index (Phi) is 5.73. The second kappa shape index (κ2) is 8.39. The van der Waals surface area contributed by atoms with Crippen molar-refractivity contribution < 1.29 is 9.53 Å². The summed E-state index contributed by atoms with van der Waals surface area (Å²) in [6, 6.07) is 2.06. The maximum Gasteiger partial charge on any atom is 0.409 e. The number of hydrogen-bond donors (Lipinski definition) is 1. The lowest BCUT2D eigenvalue weighted by atomic mass is 10.0. The number of carbonyl (C=O) groups is 1. The Bertz CT molecular complexity index is 843. The molecule has 2 aliphatic heterocycles. The van der Waals surface area contributed by atoms with Crippen LogP contribution in [0.15, 0.2) is 16.2 Å². The number of ether oxygens (including phenoxy) is 1. The summed E-state index contributed by atoms with van der Waals surface area (Å²) >= 11 is 1.41. The molecule has 0 aliphatic carbocycles. The fraction of sp³-hybridized carbons (Fsp3) is 0.632. The number of nitrogens with one attached hydrogen (secondary N) is 1. The van der Waals surface area contributed by atoms with Crippen molar-refractivity contribution in [2.24, 2.45) is 0 Å². The monoisotopic (exact) mass is 390 g/mol. The van der Waals surface area contributed by atoms with Crippen molar-refractivity contribution in [2.75, 3.05) is 26.2 Å². The number of likely N-dealkylation sites (tertiary alicyclic amines) is 2. The number of aromatic nitrogens is 2. The predicted octanol–water partition coefficient (Wildman–Crippen LogP) is 2.96. The third kappa shape index (κ3) is 4.32. The molecule has 1 unspecified atom stereocenters. The van der Waals surface area contributed by atoms with E-state index in [-0.39, 0.29) is 17.7 Å². The van der Waals surface area contributed by atoms with E-state index in [9.17, 15) is 9.59 Å². The summed E-state index contributed by atoms with van der Waals surface area (Å²) in [6.45, 7) is 3.52. The third-order valence-electron chi connectivity index (χ3n) is 5.48. The Hall–Kier alpha value is -1.93. The second-order valence-corrected chi connectivity index (χ2v) is 8.31. The topological polar surface area (TPSA) is 78.5 Å². The highest BCUT2D eigenvalue weighted by Gasteiger charge is 2.26. The van der Waals surface area contributed by atoms with Crippen LogP contribution in [0.1, 0.15) is 44.3 Å². The van der Waals surface area contributed by atoms with Crippen molar-refractivity contribution in [3.05, 3.63) is 27.6 Å². The van der Waals surface area contributed by atoms with E-state index in [2.05, 4.69) is 14.9 Å². The summed E-state index contributed by atoms with van der Waals surface area (Å²) in [5, 5.41) is 1.89. The molecule has 4 heterocycles. The number of rotatable bonds is 4. The third-order valence-corrected chi connectivity index (χ3v) is 6.38. The highest BCUT2D eigenvalue weighted by atomic mass is 32.1. The lowest BCUT2D eigenvalue weighted by molar-refractivity contribution is 0.0426. The van der Waals surface area contributed by atoms with Gasteiger partial charge in [-0.05, 0) is 50.1 Å². The van der Waals surface area contributed by atoms with Gasteiger partial charge in [0.2, 0.25) is 0 Å². The van der Waals surface area contributed by atoms with Crippen LogP contribution in [0.5, 0.6) is 0 Å². The van der Waals surface area contributed by atoms with E-state index >= 15 is 0 Å². The second-order valence-electron chi connectivity index (χ2n) is 7.39. The van der Waals surface area contributed by atoms with Crippen molar-refractivity contribution in [1.82, 2.24) is 19.8 Å². The Morgan fingerprint density at radius 2 is 2.04 bits per heavy atom. The fourth-order valence-corrected chi connectivity index (χ4v) is 4.71. The van der Waals surface area contributed by atoms with Crippen molar-refractivity contribution in [1.29, 1.82) is 0 Å². The SMILES string of the molecule is O=C(OCC1CCCCN1Cc1nc2ccsc2c(=O)[nH]1)N1CCCCC1. The van der Waals surface area contributed by atoms with E-state index in [1.54, 1.807) is 0 Å². The lowest BCUT2D eigenvalue weighted by Crippen LogP contribution is -2.44. The van der Waals surface area contributed by atoms with Crippen LogP contribution < -0.4 is 5.56 Å². The lowest BCUT2D eigenvalue weighted by Gasteiger charge is -2.35. The minimum Gasteiger partial charge on any atom is -0.448 e. The number of fused-ring (bicyclic) bond motifs is 1. The molecule has 7 nitrogen and oxygen atoms in total. The van der Waals surface area contributed by atoms with Crippen LogP contribution in [0.3, 0.4) is 0 Å². The zero-order valence-electron chi connectivity index (χ0n) is 15.5. The van der Waals surface area contributed by atoms with E-state index in [0.29, 0.717) is 23.7 Å². The Labute approximate surface area is 162 Å². The molecule has 2 aliphatic rings. The van der Waals surface area contributed by atoms with Crippen LogP contribution in [-0.2, 0) is 11.3 Å². The molecule has 1 atom stereocenters. The summed E-state index contributed by atoms with van der Waals surface area (Å²) in [7, 11) is 0.